The predicted octanol–water partition coefficient (Wildman–Crippen LogP) is 5.92. The van der Waals surface area contributed by atoms with Crippen molar-refractivity contribution in [3.05, 3.63) is 90.0 Å². The summed E-state index contributed by atoms with van der Waals surface area (Å²) in [5.74, 6) is 2.26. The maximum atomic E-state index is 12.6. The van der Waals surface area contributed by atoms with Crippen molar-refractivity contribution in [2.75, 3.05) is 0 Å². The summed E-state index contributed by atoms with van der Waals surface area (Å²) in [7, 11) is -1.64. The highest BCUT2D eigenvalue weighted by molar-refractivity contribution is 6.70. The highest BCUT2D eigenvalue weighted by Crippen LogP contribution is 2.23. The molecule has 0 aromatic heterocycles. The molecular formula is C22H22O3Si. The van der Waals surface area contributed by atoms with E-state index in [4.69, 9.17) is 9.16 Å². The SMILES string of the molecule is C[Si](C)(C)Oc1ccc(C(=O)c2ccc(Oc3ccccc3)cc2)cc1. The summed E-state index contributed by atoms with van der Waals surface area (Å²) < 4.78 is 11.7. The minimum atomic E-state index is -1.64. The summed E-state index contributed by atoms with van der Waals surface area (Å²) in [4.78, 5) is 12.6. The number of hydrogen-bond donors (Lipinski definition) is 0. The summed E-state index contributed by atoms with van der Waals surface area (Å²) in [6.07, 6.45) is 0. The average Bonchev–Trinajstić information content (AvgIpc) is 2.62. The highest BCUT2D eigenvalue weighted by Gasteiger charge is 2.16. The molecule has 3 aromatic rings. The zero-order chi connectivity index (χ0) is 18.6. The highest BCUT2D eigenvalue weighted by atomic mass is 28.4. The first-order valence-electron chi connectivity index (χ1n) is 8.57. The Labute approximate surface area is 155 Å². The van der Waals surface area contributed by atoms with Gasteiger partial charge in [0.1, 0.15) is 17.2 Å². The van der Waals surface area contributed by atoms with E-state index in [1.807, 2.05) is 66.7 Å². The second-order valence-electron chi connectivity index (χ2n) is 7.01. The second kappa shape index (κ2) is 7.58. The Hall–Kier alpha value is -2.85. The molecule has 0 aliphatic carbocycles. The van der Waals surface area contributed by atoms with Gasteiger partial charge in [0.2, 0.25) is 8.32 Å². The van der Waals surface area contributed by atoms with Crippen molar-refractivity contribution in [1.29, 1.82) is 0 Å². The Bertz CT molecular complexity index is 864. The van der Waals surface area contributed by atoms with E-state index in [1.165, 1.54) is 0 Å². The molecule has 0 bridgehead atoms. The lowest BCUT2D eigenvalue weighted by molar-refractivity contribution is 0.103. The van der Waals surface area contributed by atoms with Gasteiger partial charge in [0, 0.05) is 11.1 Å². The molecule has 0 spiro atoms. The first-order valence-corrected chi connectivity index (χ1v) is 12.0. The largest absolute Gasteiger partial charge is 0.544 e. The molecule has 0 fully saturated rings. The van der Waals surface area contributed by atoms with Crippen molar-refractivity contribution < 1.29 is 14.0 Å². The van der Waals surface area contributed by atoms with Gasteiger partial charge in [-0.25, -0.2) is 0 Å². The van der Waals surface area contributed by atoms with Gasteiger partial charge in [-0.2, -0.15) is 0 Å². The first-order chi connectivity index (χ1) is 12.4. The Balaban J connectivity index is 1.70. The molecule has 0 aliphatic heterocycles. The number of para-hydroxylation sites is 1. The number of ether oxygens (including phenoxy) is 1. The first kappa shape index (κ1) is 18.0. The van der Waals surface area contributed by atoms with Crippen LogP contribution < -0.4 is 9.16 Å². The zero-order valence-corrected chi connectivity index (χ0v) is 16.2. The standard InChI is InChI=1S/C22H22O3Si/c1-26(2,3)25-21-15-11-18(12-16-21)22(23)17-9-13-20(14-10-17)24-19-7-5-4-6-8-19/h4-16H,1-3H3. The van der Waals surface area contributed by atoms with Gasteiger partial charge < -0.3 is 9.16 Å². The molecule has 132 valence electrons. The zero-order valence-electron chi connectivity index (χ0n) is 15.2. The van der Waals surface area contributed by atoms with E-state index in [0.717, 1.165) is 11.5 Å². The van der Waals surface area contributed by atoms with E-state index in [9.17, 15) is 4.79 Å². The van der Waals surface area contributed by atoms with Gasteiger partial charge in [0.25, 0.3) is 0 Å². The number of carbonyl (C=O) groups is 1. The number of rotatable bonds is 6. The molecule has 3 aromatic carbocycles. The third kappa shape index (κ3) is 4.83. The van der Waals surface area contributed by atoms with E-state index in [0.29, 0.717) is 16.9 Å². The Morgan fingerprint density at radius 1 is 0.654 bits per heavy atom. The van der Waals surface area contributed by atoms with E-state index in [1.54, 1.807) is 12.1 Å². The van der Waals surface area contributed by atoms with Crippen molar-refractivity contribution in [3.8, 4) is 17.2 Å². The van der Waals surface area contributed by atoms with E-state index in [2.05, 4.69) is 19.6 Å². The fraction of sp³-hybridized carbons (Fsp3) is 0.136. The molecule has 0 amide bonds. The number of benzene rings is 3. The van der Waals surface area contributed by atoms with Crippen LogP contribution in [-0.2, 0) is 0 Å². The van der Waals surface area contributed by atoms with Crippen LogP contribution in [0.4, 0.5) is 0 Å². The Kier molecular flexibility index (Phi) is 5.23. The Morgan fingerprint density at radius 3 is 1.62 bits per heavy atom. The van der Waals surface area contributed by atoms with Gasteiger partial charge in [-0.1, -0.05) is 18.2 Å². The van der Waals surface area contributed by atoms with E-state index in [-0.39, 0.29) is 5.78 Å². The van der Waals surface area contributed by atoms with Crippen molar-refractivity contribution in [2.24, 2.45) is 0 Å². The van der Waals surface area contributed by atoms with Crippen LogP contribution in [0.15, 0.2) is 78.9 Å². The van der Waals surface area contributed by atoms with Gasteiger partial charge in [0.05, 0.1) is 0 Å². The predicted molar refractivity (Wildman–Crippen MR) is 107 cm³/mol. The molecular weight excluding hydrogens is 340 g/mol. The summed E-state index contributed by atoms with van der Waals surface area (Å²) in [5.41, 5.74) is 1.27. The number of carbonyl (C=O) groups excluding carboxylic acids is 1. The van der Waals surface area contributed by atoms with Crippen LogP contribution in [0.1, 0.15) is 15.9 Å². The van der Waals surface area contributed by atoms with Crippen molar-refractivity contribution in [2.45, 2.75) is 19.6 Å². The lowest BCUT2D eigenvalue weighted by Gasteiger charge is -2.19. The lowest BCUT2D eigenvalue weighted by atomic mass is 10.0. The van der Waals surface area contributed by atoms with Crippen LogP contribution >= 0.6 is 0 Å². The summed E-state index contributed by atoms with van der Waals surface area (Å²) in [5, 5.41) is 0. The van der Waals surface area contributed by atoms with Crippen LogP contribution in [0.3, 0.4) is 0 Å². The molecule has 0 atom stereocenters. The maximum absolute atomic E-state index is 12.6. The normalized spacial score (nSPS) is 11.0. The summed E-state index contributed by atoms with van der Waals surface area (Å²) >= 11 is 0. The number of ketones is 1. The molecule has 0 radical (unpaired) electrons. The summed E-state index contributed by atoms with van der Waals surface area (Å²) in [6.45, 7) is 6.39. The summed E-state index contributed by atoms with van der Waals surface area (Å²) in [6, 6.07) is 24.1. The van der Waals surface area contributed by atoms with Gasteiger partial charge in [-0.3, -0.25) is 4.79 Å². The molecule has 3 rings (SSSR count). The third-order valence-corrected chi connectivity index (χ3v) is 4.48. The quantitative estimate of drug-likeness (QED) is 0.403. The van der Waals surface area contributed by atoms with E-state index >= 15 is 0 Å². The van der Waals surface area contributed by atoms with Gasteiger partial charge >= 0.3 is 0 Å². The van der Waals surface area contributed by atoms with Crippen LogP contribution in [0, 0.1) is 0 Å². The molecule has 0 aliphatic rings. The molecule has 0 N–H and O–H groups in total. The van der Waals surface area contributed by atoms with Gasteiger partial charge in [-0.05, 0) is 80.3 Å². The minimum Gasteiger partial charge on any atom is -0.544 e. The fourth-order valence-corrected chi connectivity index (χ4v) is 3.34. The molecule has 3 nitrogen and oxygen atoms in total. The molecule has 0 heterocycles. The van der Waals surface area contributed by atoms with E-state index < -0.39 is 8.32 Å². The van der Waals surface area contributed by atoms with Gasteiger partial charge in [-0.15, -0.1) is 0 Å². The molecule has 0 saturated carbocycles. The van der Waals surface area contributed by atoms with Crippen molar-refractivity contribution >= 4 is 14.1 Å². The van der Waals surface area contributed by atoms with Crippen molar-refractivity contribution in [1.82, 2.24) is 0 Å². The fourth-order valence-electron chi connectivity index (χ4n) is 2.49. The smallest absolute Gasteiger partial charge is 0.242 e. The topological polar surface area (TPSA) is 35.5 Å². The third-order valence-electron chi connectivity index (χ3n) is 3.64. The van der Waals surface area contributed by atoms with Crippen LogP contribution in [0.5, 0.6) is 17.2 Å². The second-order valence-corrected chi connectivity index (χ2v) is 11.4. The average molecular weight is 363 g/mol. The van der Waals surface area contributed by atoms with Crippen molar-refractivity contribution in [3.63, 3.8) is 0 Å². The molecule has 26 heavy (non-hydrogen) atoms. The van der Waals surface area contributed by atoms with Crippen LogP contribution in [-0.4, -0.2) is 14.1 Å². The lowest BCUT2D eigenvalue weighted by Crippen LogP contribution is -2.29. The molecule has 0 unspecified atom stereocenters. The van der Waals surface area contributed by atoms with Crippen LogP contribution in [0.2, 0.25) is 19.6 Å². The molecule has 0 saturated heterocycles. The Morgan fingerprint density at radius 2 is 1.12 bits per heavy atom. The van der Waals surface area contributed by atoms with Gasteiger partial charge in [0.15, 0.2) is 5.78 Å². The minimum absolute atomic E-state index is 0.0178. The number of hydrogen-bond acceptors (Lipinski definition) is 3. The van der Waals surface area contributed by atoms with Crippen LogP contribution in [0.25, 0.3) is 0 Å². The monoisotopic (exact) mass is 362 g/mol. The maximum Gasteiger partial charge on any atom is 0.242 e. The molecule has 4 heteroatoms.